The number of esters is 1. The quantitative estimate of drug-likeness (QED) is 0.154. The van der Waals surface area contributed by atoms with Crippen molar-refractivity contribution in [3.63, 3.8) is 0 Å². The summed E-state index contributed by atoms with van der Waals surface area (Å²) in [7, 11) is 1.65. The van der Waals surface area contributed by atoms with Crippen LogP contribution >= 0.6 is 6.89 Å². The summed E-state index contributed by atoms with van der Waals surface area (Å²) in [6, 6.07) is 46.2. The first-order valence-electron chi connectivity index (χ1n) is 12.1. The van der Waals surface area contributed by atoms with Crippen LogP contribution in [0.25, 0.3) is 11.1 Å². The van der Waals surface area contributed by atoms with E-state index in [0.717, 1.165) is 32.8 Å². The highest BCUT2D eigenvalue weighted by atomic mass is 31.2. The molecule has 0 N–H and O–H groups in total. The lowest BCUT2D eigenvalue weighted by atomic mass is 10.1. The molecule has 37 heavy (non-hydrogen) atoms. The van der Waals surface area contributed by atoms with Crippen LogP contribution in [-0.4, -0.2) is 18.9 Å². The van der Waals surface area contributed by atoms with Gasteiger partial charge in [0, 0.05) is 5.80 Å². The van der Waals surface area contributed by atoms with E-state index in [4.69, 9.17) is 9.47 Å². The Hall–Kier alpha value is -4.33. The normalized spacial score (nSPS) is 10.9. The molecule has 0 heterocycles. The third-order valence-corrected chi connectivity index (χ3v) is 10.2. The maximum Gasteiger partial charge on any atom is 0.337 e. The number of rotatable bonds is 7. The third-order valence-electron chi connectivity index (χ3n) is 6.29. The number of hydrogen-bond donors (Lipinski definition) is 0. The van der Waals surface area contributed by atoms with E-state index in [1.54, 1.807) is 12.9 Å². The summed E-state index contributed by atoms with van der Waals surface area (Å²) >= 11 is 0. The van der Waals surface area contributed by atoms with Crippen molar-refractivity contribution in [1.82, 2.24) is 0 Å². The average Bonchev–Trinajstić information content (AvgIpc) is 2.98. The van der Waals surface area contributed by atoms with E-state index in [0.29, 0.717) is 5.75 Å². The number of benzene rings is 5. The smallest absolute Gasteiger partial charge is 0.337 e. The van der Waals surface area contributed by atoms with Crippen LogP contribution < -0.4 is 25.4 Å². The van der Waals surface area contributed by atoms with E-state index in [2.05, 4.69) is 36.4 Å². The molecule has 182 valence electrons. The molecular weight excluding hydrogens is 475 g/mol. The average molecular weight is 503 g/mol. The Morgan fingerprint density at radius 3 is 1.30 bits per heavy atom. The van der Waals surface area contributed by atoms with Gasteiger partial charge < -0.3 is 9.47 Å². The second-order valence-corrected chi connectivity index (χ2v) is 11.8. The largest absolute Gasteiger partial charge is 0.497 e. The van der Waals surface area contributed by atoms with Crippen LogP contribution in [0, 0.1) is 0 Å². The van der Waals surface area contributed by atoms with Crippen molar-refractivity contribution in [2.45, 2.75) is 0 Å². The van der Waals surface area contributed by atoms with E-state index in [1.165, 1.54) is 0 Å². The topological polar surface area (TPSA) is 35.5 Å². The molecular formula is C33H27O3P. The van der Waals surface area contributed by atoms with Crippen molar-refractivity contribution in [1.29, 1.82) is 0 Å². The van der Waals surface area contributed by atoms with Crippen molar-refractivity contribution in [3.8, 4) is 22.6 Å². The molecule has 5 aromatic rings. The third kappa shape index (κ3) is 5.28. The van der Waals surface area contributed by atoms with Gasteiger partial charge in [0.05, 0.1) is 7.11 Å². The molecule has 0 bridgehead atoms. The molecule has 0 saturated carbocycles. The number of ether oxygens (including phenoxy) is 2. The number of carbonyl (C=O) groups excluding carboxylic acids is 1. The molecule has 0 unspecified atom stereocenters. The Bertz CT molecular complexity index is 1410. The predicted octanol–water partition coefficient (Wildman–Crippen LogP) is 6.06. The van der Waals surface area contributed by atoms with Crippen molar-refractivity contribution in [2.75, 3.05) is 7.11 Å². The monoisotopic (exact) mass is 502 g/mol. The van der Waals surface area contributed by atoms with E-state index < -0.39 is 6.89 Å². The molecule has 0 aliphatic heterocycles. The molecule has 0 aromatic heterocycles. The van der Waals surface area contributed by atoms with Crippen molar-refractivity contribution < 1.29 is 14.3 Å². The molecule has 0 aliphatic rings. The fraction of sp³-hybridized carbons (Fsp3) is 0.0303. The SMILES string of the molecule is COc1ccc(-c2ccc(OC(=O)C=P(c3ccccc3)(c3ccccc3)c3ccccc3)cc2)cc1. The highest BCUT2D eigenvalue weighted by molar-refractivity contribution is 7.95. The van der Waals surface area contributed by atoms with Gasteiger partial charge in [0.25, 0.3) is 0 Å². The van der Waals surface area contributed by atoms with Gasteiger partial charge in [0.15, 0.2) is 0 Å². The fourth-order valence-corrected chi connectivity index (χ4v) is 8.10. The second-order valence-electron chi connectivity index (χ2n) is 8.53. The van der Waals surface area contributed by atoms with Gasteiger partial charge in [-0.1, -0.05) is 115 Å². The van der Waals surface area contributed by atoms with Crippen molar-refractivity contribution >= 4 is 34.6 Å². The van der Waals surface area contributed by atoms with Crippen LogP contribution in [0.5, 0.6) is 11.5 Å². The van der Waals surface area contributed by atoms with Gasteiger partial charge in [-0.05, 0) is 58.2 Å². The first-order chi connectivity index (χ1) is 18.2. The highest BCUT2D eigenvalue weighted by Gasteiger charge is 2.26. The van der Waals surface area contributed by atoms with Gasteiger partial charge in [-0.3, -0.25) is 0 Å². The Labute approximate surface area is 217 Å². The molecule has 5 rings (SSSR count). The molecule has 3 nitrogen and oxygen atoms in total. The zero-order chi connectivity index (χ0) is 25.5. The Morgan fingerprint density at radius 1 is 0.541 bits per heavy atom. The van der Waals surface area contributed by atoms with Crippen molar-refractivity contribution in [2.24, 2.45) is 0 Å². The molecule has 0 aliphatic carbocycles. The Balaban J connectivity index is 1.54. The highest BCUT2D eigenvalue weighted by Crippen LogP contribution is 2.43. The Morgan fingerprint density at radius 2 is 0.919 bits per heavy atom. The van der Waals surface area contributed by atoms with Crippen LogP contribution in [0.3, 0.4) is 0 Å². The van der Waals surface area contributed by atoms with Crippen LogP contribution in [-0.2, 0) is 4.79 Å². The summed E-state index contributed by atoms with van der Waals surface area (Å²) < 4.78 is 11.1. The number of hydrogen-bond acceptors (Lipinski definition) is 3. The van der Waals surface area contributed by atoms with Crippen LogP contribution in [0.4, 0.5) is 0 Å². The van der Waals surface area contributed by atoms with Gasteiger partial charge in [-0.2, -0.15) is 0 Å². The maximum atomic E-state index is 13.5. The second kappa shape index (κ2) is 11.2. The summed E-state index contributed by atoms with van der Waals surface area (Å²) in [4.78, 5) is 13.5. The molecule has 0 fully saturated rings. The fourth-order valence-electron chi connectivity index (χ4n) is 4.46. The minimum Gasteiger partial charge on any atom is -0.497 e. The van der Waals surface area contributed by atoms with Gasteiger partial charge in [0.2, 0.25) is 0 Å². The van der Waals surface area contributed by atoms with E-state index in [-0.39, 0.29) is 5.97 Å². The number of carbonyl (C=O) groups is 1. The molecule has 0 amide bonds. The number of methoxy groups -OCH3 is 1. The van der Waals surface area contributed by atoms with Crippen LogP contribution in [0.2, 0.25) is 0 Å². The standard InChI is InChI=1S/C33H27O3P/c1-35-28-21-17-26(18-22-28)27-19-23-29(24-20-27)36-33(34)25-37(30-11-5-2-6-12-30,31-13-7-3-8-14-31)32-15-9-4-10-16-32/h2-25H,1H3. The zero-order valence-electron chi connectivity index (χ0n) is 20.5. The molecule has 0 radical (unpaired) electrons. The summed E-state index contributed by atoms with van der Waals surface area (Å²) in [5, 5.41) is 3.29. The molecule has 4 heteroatoms. The lowest BCUT2D eigenvalue weighted by Gasteiger charge is -2.28. The van der Waals surface area contributed by atoms with E-state index in [9.17, 15) is 4.79 Å². The van der Waals surface area contributed by atoms with Gasteiger partial charge in [0.1, 0.15) is 11.5 Å². The lowest BCUT2D eigenvalue weighted by Crippen LogP contribution is -2.29. The first-order valence-corrected chi connectivity index (χ1v) is 13.9. The Kier molecular flexibility index (Phi) is 7.35. The summed E-state index contributed by atoms with van der Waals surface area (Å²) in [6.07, 6.45) is 0. The minimum absolute atomic E-state index is 0.373. The van der Waals surface area contributed by atoms with Gasteiger partial charge in [-0.15, -0.1) is 0 Å². The van der Waals surface area contributed by atoms with Gasteiger partial charge >= 0.3 is 5.97 Å². The molecule has 0 saturated heterocycles. The summed E-state index contributed by atoms with van der Waals surface area (Å²) in [5.41, 5.74) is 2.10. The summed E-state index contributed by atoms with van der Waals surface area (Å²) in [5.74, 6) is 2.74. The maximum absolute atomic E-state index is 13.5. The molecule has 0 spiro atoms. The molecule has 0 atom stereocenters. The van der Waals surface area contributed by atoms with Crippen molar-refractivity contribution in [3.05, 3.63) is 140 Å². The minimum atomic E-state index is -2.42. The van der Waals surface area contributed by atoms with Crippen LogP contribution in [0.15, 0.2) is 140 Å². The van der Waals surface area contributed by atoms with E-state index >= 15 is 0 Å². The summed E-state index contributed by atoms with van der Waals surface area (Å²) in [6.45, 7) is -2.42. The first kappa shape index (κ1) is 24.4. The predicted molar refractivity (Wildman–Crippen MR) is 155 cm³/mol. The lowest BCUT2D eigenvalue weighted by molar-refractivity contribution is -0.126. The van der Waals surface area contributed by atoms with Gasteiger partial charge in [-0.25, -0.2) is 4.79 Å². The van der Waals surface area contributed by atoms with E-state index in [1.807, 2.05) is 103 Å². The van der Waals surface area contributed by atoms with Crippen LogP contribution in [0.1, 0.15) is 0 Å². The molecule has 5 aromatic carbocycles. The zero-order valence-corrected chi connectivity index (χ0v) is 21.4.